The Kier molecular flexibility index (Phi) is 5.16. The van der Waals surface area contributed by atoms with E-state index < -0.39 is 0 Å². The lowest BCUT2D eigenvalue weighted by atomic mass is 10.3. The fourth-order valence-corrected chi connectivity index (χ4v) is 0.451. The van der Waals surface area contributed by atoms with E-state index >= 15 is 0 Å². The van der Waals surface area contributed by atoms with Gasteiger partial charge in [0.25, 0.3) is 0 Å². The molecule has 3 heteroatoms. The smallest absolute Gasteiger partial charge is 0.186 e. The van der Waals surface area contributed by atoms with Crippen molar-refractivity contribution in [3.8, 4) is 0 Å². The summed E-state index contributed by atoms with van der Waals surface area (Å²) in [5.41, 5.74) is 0. The molecule has 0 aliphatic rings. The van der Waals surface area contributed by atoms with E-state index in [4.69, 9.17) is 9.47 Å². The predicted octanol–water partition coefficient (Wildman–Crippen LogP) is 0.627. The van der Waals surface area contributed by atoms with Crippen LogP contribution in [0.5, 0.6) is 0 Å². The number of hydrogen-bond donors (Lipinski definition) is 0. The molecule has 0 amide bonds. The number of rotatable bonds is 5. The van der Waals surface area contributed by atoms with Crippen LogP contribution in [0.4, 0.5) is 0 Å². The normalized spacial score (nSPS) is 13.1. The van der Waals surface area contributed by atoms with Crippen LogP contribution < -0.4 is 0 Å². The minimum atomic E-state index is -0.341. The Bertz CT molecular complexity index is 101. The summed E-state index contributed by atoms with van der Waals surface area (Å²) in [6.45, 7) is 4.29. The second-order valence-corrected chi connectivity index (χ2v) is 1.98. The summed E-state index contributed by atoms with van der Waals surface area (Å²) in [6.07, 6.45) is -0.341. The molecule has 0 rings (SSSR count). The maximum atomic E-state index is 10.9. The second kappa shape index (κ2) is 5.38. The number of ether oxygens (including phenoxy) is 2. The molecule has 1 atom stereocenters. The van der Waals surface area contributed by atoms with Crippen LogP contribution in [0.3, 0.4) is 0 Å². The molecular weight excluding hydrogens is 132 g/mol. The monoisotopic (exact) mass is 146 g/mol. The highest BCUT2D eigenvalue weighted by Gasteiger charge is 2.10. The summed E-state index contributed by atoms with van der Waals surface area (Å²) < 4.78 is 9.67. The summed E-state index contributed by atoms with van der Waals surface area (Å²) in [5.74, 6) is -0.00986. The van der Waals surface area contributed by atoms with E-state index in [0.29, 0.717) is 6.61 Å². The first-order valence-electron chi connectivity index (χ1n) is 3.35. The summed E-state index contributed by atoms with van der Waals surface area (Å²) in [7, 11) is 1.51. The third kappa shape index (κ3) is 3.58. The largest absolute Gasteiger partial charge is 0.374 e. The molecule has 10 heavy (non-hydrogen) atoms. The molecule has 0 aliphatic carbocycles. The topological polar surface area (TPSA) is 35.5 Å². The van der Waals surface area contributed by atoms with Gasteiger partial charge in [-0.15, -0.1) is 0 Å². The van der Waals surface area contributed by atoms with Crippen molar-refractivity contribution < 1.29 is 14.3 Å². The van der Waals surface area contributed by atoms with Gasteiger partial charge in [0.2, 0.25) is 0 Å². The zero-order valence-corrected chi connectivity index (χ0v) is 6.72. The summed E-state index contributed by atoms with van der Waals surface area (Å²) in [4.78, 5) is 10.9. The Labute approximate surface area is 61.3 Å². The zero-order valence-electron chi connectivity index (χ0n) is 6.72. The first kappa shape index (κ1) is 9.59. The van der Waals surface area contributed by atoms with Crippen LogP contribution in [-0.2, 0) is 14.3 Å². The van der Waals surface area contributed by atoms with Gasteiger partial charge in [0.05, 0.1) is 0 Å². The number of hydrogen-bond acceptors (Lipinski definition) is 3. The van der Waals surface area contributed by atoms with Crippen LogP contribution in [-0.4, -0.2) is 32.2 Å². The van der Waals surface area contributed by atoms with Crippen LogP contribution in [0.2, 0.25) is 0 Å². The van der Waals surface area contributed by atoms with Gasteiger partial charge in [-0.3, -0.25) is 4.79 Å². The van der Waals surface area contributed by atoms with Crippen molar-refractivity contribution >= 4 is 5.78 Å². The number of carbonyl (C=O) groups is 1. The summed E-state index contributed by atoms with van der Waals surface area (Å²) >= 11 is 0. The maximum Gasteiger partial charge on any atom is 0.186 e. The summed E-state index contributed by atoms with van der Waals surface area (Å²) in [6, 6.07) is 0. The molecule has 0 aromatic heterocycles. The molecule has 0 heterocycles. The van der Waals surface area contributed by atoms with Gasteiger partial charge in [-0.05, 0) is 13.8 Å². The number of methoxy groups -OCH3 is 1. The minimum Gasteiger partial charge on any atom is -0.374 e. The van der Waals surface area contributed by atoms with E-state index in [1.165, 1.54) is 7.11 Å². The highest BCUT2D eigenvalue weighted by Crippen LogP contribution is 1.90. The number of Topliss-reactive ketones (excluding diaryl/α,β-unsaturated/α-hetero) is 1. The molecule has 0 aliphatic heterocycles. The standard InChI is InChI=1S/C7H14O3/c1-4-10-5-7(8)6(2)9-3/h6H,4-5H2,1-3H3. The molecule has 0 N–H and O–H groups in total. The van der Waals surface area contributed by atoms with Gasteiger partial charge in [0.15, 0.2) is 5.78 Å². The Balaban J connectivity index is 3.42. The van der Waals surface area contributed by atoms with Crippen LogP contribution in [0.25, 0.3) is 0 Å². The Morgan fingerprint density at radius 2 is 2.20 bits per heavy atom. The lowest BCUT2D eigenvalue weighted by molar-refractivity contribution is -0.132. The quantitative estimate of drug-likeness (QED) is 0.570. The van der Waals surface area contributed by atoms with E-state index in [9.17, 15) is 4.79 Å². The number of carbonyl (C=O) groups excluding carboxylic acids is 1. The minimum absolute atomic E-state index is 0.00986. The van der Waals surface area contributed by atoms with E-state index in [-0.39, 0.29) is 18.5 Å². The van der Waals surface area contributed by atoms with Crippen molar-refractivity contribution in [1.82, 2.24) is 0 Å². The fourth-order valence-electron chi connectivity index (χ4n) is 0.451. The molecule has 0 fully saturated rings. The average Bonchev–Trinajstić information content (AvgIpc) is 1.98. The lowest BCUT2D eigenvalue weighted by Gasteiger charge is -2.06. The van der Waals surface area contributed by atoms with Gasteiger partial charge < -0.3 is 9.47 Å². The molecule has 1 unspecified atom stereocenters. The molecule has 60 valence electrons. The van der Waals surface area contributed by atoms with Crippen LogP contribution in [0.15, 0.2) is 0 Å². The van der Waals surface area contributed by atoms with E-state index in [0.717, 1.165) is 0 Å². The van der Waals surface area contributed by atoms with Gasteiger partial charge in [-0.25, -0.2) is 0 Å². The first-order valence-corrected chi connectivity index (χ1v) is 3.35. The van der Waals surface area contributed by atoms with E-state index in [1.807, 2.05) is 6.92 Å². The van der Waals surface area contributed by atoms with E-state index in [1.54, 1.807) is 6.92 Å². The molecule has 0 spiro atoms. The third-order valence-electron chi connectivity index (χ3n) is 1.26. The molecule has 0 aromatic carbocycles. The van der Waals surface area contributed by atoms with E-state index in [2.05, 4.69) is 0 Å². The molecule has 0 aromatic rings. The van der Waals surface area contributed by atoms with Crippen LogP contribution >= 0.6 is 0 Å². The van der Waals surface area contributed by atoms with Crippen LogP contribution in [0, 0.1) is 0 Å². The average molecular weight is 146 g/mol. The Hall–Kier alpha value is -0.410. The molecule has 0 radical (unpaired) electrons. The fraction of sp³-hybridized carbons (Fsp3) is 0.857. The predicted molar refractivity (Wildman–Crippen MR) is 38.0 cm³/mol. The number of ketones is 1. The second-order valence-electron chi connectivity index (χ2n) is 1.98. The molecule has 0 saturated heterocycles. The van der Waals surface area contributed by atoms with Gasteiger partial charge >= 0.3 is 0 Å². The molecule has 3 nitrogen and oxygen atoms in total. The zero-order chi connectivity index (χ0) is 7.98. The SMILES string of the molecule is CCOCC(=O)C(C)OC. The molecular formula is C7H14O3. The van der Waals surface area contributed by atoms with Gasteiger partial charge in [0.1, 0.15) is 12.7 Å². The molecule has 0 bridgehead atoms. The summed E-state index contributed by atoms with van der Waals surface area (Å²) in [5, 5.41) is 0. The van der Waals surface area contributed by atoms with Gasteiger partial charge in [0, 0.05) is 13.7 Å². The van der Waals surface area contributed by atoms with Crippen molar-refractivity contribution in [1.29, 1.82) is 0 Å². The third-order valence-corrected chi connectivity index (χ3v) is 1.26. The van der Waals surface area contributed by atoms with Crippen molar-refractivity contribution in [3.63, 3.8) is 0 Å². The van der Waals surface area contributed by atoms with Crippen molar-refractivity contribution in [3.05, 3.63) is 0 Å². The van der Waals surface area contributed by atoms with Crippen LogP contribution in [0.1, 0.15) is 13.8 Å². The van der Waals surface area contributed by atoms with Gasteiger partial charge in [-0.1, -0.05) is 0 Å². The maximum absolute atomic E-state index is 10.9. The highest BCUT2D eigenvalue weighted by atomic mass is 16.5. The van der Waals surface area contributed by atoms with Crippen molar-refractivity contribution in [2.24, 2.45) is 0 Å². The van der Waals surface area contributed by atoms with Gasteiger partial charge in [-0.2, -0.15) is 0 Å². The Morgan fingerprint density at radius 3 is 2.60 bits per heavy atom. The highest BCUT2D eigenvalue weighted by molar-refractivity contribution is 5.83. The first-order chi connectivity index (χ1) is 4.72. The molecule has 0 saturated carbocycles. The lowest BCUT2D eigenvalue weighted by Crippen LogP contribution is -2.23. The van der Waals surface area contributed by atoms with Crippen molar-refractivity contribution in [2.75, 3.05) is 20.3 Å². The van der Waals surface area contributed by atoms with Crippen molar-refractivity contribution in [2.45, 2.75) is 20.0 Å². The Morgan fingerprint density at radius 1 is 1.60 bits per heavy atom.